The Hall–Kier alpha value is -0.830. The van der Waals surface area contributed by atoms with Gasteiger partial charge in [0, 0.05) is 24.4 Å². The minimum atomic E-state index is 0.127. The summed E-state index contributed by atoms with van der Waals surface area (Å²) in [4.78, 5) is 4.51. The molecule has 1 aromatic heterocycles. The van der Waals surface area contributed by atoms with E-state index in [4.69, 9.17) is 5.73 Å². The summed E-state index contributed by atoms with van der Waals surface area (Å²) in [7, 11) is 0. The fourth-order valence-electron chi connectivity index (χ4n) is 4.53. The van der Waals surface area contributed by atoms with Crippen LogP contribution in [0.4, 0.5) is 0 Å². The van der Waals surface area contributed by atoms with E-state index >= 15 is 0 Å². The summed E-state index contributed by atoms with van der Waals surface area (Å²) in [6, 6.07) is 0. The van der Waals surface area contributed by atoms with Crippen LogP contribution in [0.25, 0.3) is 0 Å². The van der Waals surface area contributed by atoms with Crippen LogP contribution < -0.4 is 5.73 Å². The second-order valence-corrected chi connectivity index (χ2v) is 6.98. The number of nitrogens with two attached hydrogens (primary N) is 1. The highest BCUT2D eigenvalue weighted by molar-refractivity contribution is 5.13. The largest absolute Gasteiger partial charge is 0.328 e. The third kappa shape index (κ3) is 2.30. The molecule has 2 saturated carbocycles. The minimum Gasteiger partial charge on any atom is -0.328 e. The fourth-order valence-corrected chi connectivity index (χ4v) is 4.53. The third-order valence-corrected chi connectivity index (χ3v) is 5.94. The topological polar surface area (TPSA) is 43.8 Å². The van der Waals surface area contributed by atoms with Gasteiger partial charge in [0.2, 0.25) is 0 Å². The molecule has 3 nitrogen and oxygen atoms in total. The van der Waals surface area contributed by atoms with E-state index in [9.17, 15) is 0 Å². The van der Waals surface area contributed by atoms with Crippen molar-refractivity contribution in [2.45, 2.75) is 76.2 Å². The molecule has 3 heteroatoms. The summed E-state index contributed by atoms with van der Waals surface area (Å²) in [6.45, 7) is 3.14. The molecule has 1 heterocycles. The van der Waals surface area contributed by atoms with Gasteiger partial charge in [-0.15, -0.1) is 0 Å². The summed E-state index contributed by atoms with van der Waals surface area (Å²) in [5.41, 5.74) is 7.86. The van der Waals surface area contributed by atoms with Crippen LogP contribution in [0.2, 0.25) is 0 Å². The van der Waals surface area contributed by atoms with Crippen molar-refractivity contribution < 1.29 is 0 Å². The van der Waals surface area contributed by atoms with Crippen molar-refractivity contribution in [3.63, 3.8) is 0 Å². The molecule has 0 spiro atoms. The van der Waals surface area contributed by atoms with E-state index in [2.05, 4.69) is 29.0 Å². The van der Waals surface area contributed by atoms with Gasteiger partial charge in [0.1, 0.15) is 0 Å². The molecule has 2 fully saturated rings. The maximum atomic E-state index is 6.27. The summed E-state index contributed by atoms with van der Waals surface area (Å²) in [6.07, 6.45) is 16.2. The van der Waals surface area contributed by atoms with Crippen molar-refractivity contribution in [1.82, 2.24) is 9.55 Å². The van der Waals surface area contributed by atoms with Gasteiger partial charge in [0.05, 0.1) is 11.9 Å². The predicted molar refractivity (Wildman–Crippen MR) is 82.7 cm³/mol. The van der Waals surface area contributed by atoms with Crippen molar-refractivity contribution in [3.8, 4) is 0 Å². The highest BCUT2D eigenvalue weighted by atomic mass is 15.1. The predicted octanol–water partition coefficient (Wildman–Crippen LogP) is 3.79. The van der Waals surface area contributed by atoms with Crippen LogP contribution in [0.5, 0.6) is 0 Å². The number of hydrogen-bond donors (Lipinski definition) is 1. The Balaban J connectivity index is 1.94. The van der Waals surface area contributed by atoms with Gasteiger partial charge in [-0.2, -0.15) is 0 Å². The summed E-state index contributed by atoms with van der Waals surface area (Å²) in [5, 5.41) is 0. The molecule has 0 amide bonds. The molecule has 112 valence electrons. The smallest absolute Gasteiger partial charge is 0.0954 e. The second-order valence-electron chi connectivity index (χ2n) is 6.98. The zero-order chi connectivity index (χ0) is 14.0. The standard InChI is InChI=1S/C17H29N3/c1-14-7-5-6-10-17(14,12-18)20-13-19-11-16(20)15-8-3-2-4-9-15/h11,13-15H,2-10,12,18H2,1H3. The Morgan fingerprint density at radius 3 is 2.65 bits per heavy atom. The van der Waals surface area contributed by atoms with Crippen LogP contribution in [0.1, 0.15) is 76.3 Å². The van der Waals surface area contributed by atoms with E-state index in [1.54, 1.807) is 0 Å². The van der Waals surface area contributed by atoms with Crippen molar-refractivity contribution in [1.29, 1.82) is 0 Å². The molecule has 0 bridgehead atoms. The van der Waals surface area contributed by atoms with Crippen LogP contribution in [-0.4, -0.2) is 16.1 Å². The Labute approximate surface area is 123 Å². The number of hydrogen-bond acceptors (Lipinski definition) is 2. The maximum Gasteiger partial charge on any atom is 0.0954 e. The fraction of sp³-hybridized carbons (Fsp3) is 0.824. The van der Waals surface area contributed by atoms with Gasteiger partial charge < -0.3 is 10.3 Å². The molecule has 2 aliphatic rings. The molecule has 2 atom stereocenters. The molecule has 20 heavy (non-hydrogen) atoms. The number of nitrogens with zero attached hydrogens (tertiary/aromatic N) is 2. The Morgan fingerprint density at radius 1 is 1.20 bits per heavy atom. The lowest BCUT2D eigenvalue weighted by Crippen LogP contribution is -2.49. The van der Waals surface area contributed by atoms with Gasteiger partial charge in [0.15, 0.2) is 0 Å². The van der Waals surface area contributed by atoms with E-state index in [1.807, 2.05) is 0 Å². The molecule has 2 unspecified atom stereocenters. The highest BCUT2D eigenvalue weighted by Crippen LogP contribution is 2.42. The SMILES string of the molecule is CC1CCCCC1(CN)n1cncc1C1CCCCC1. The lowest BCUT2D eigenvalue weighted by molar-refractivity contribution is 0.119. The van der Waals surface area contributed by atoms with Crippen LogP contribution in [-0.2, 0) is 5.54 Å². The average Bonchev–Trinajstić information content (AvgIpc) is 2.99. The quantitative estimate of drug-likeness (QED) is 0.912. The van der Waals surface area contributed by atoms with Gasteiger partial charge in [-0.3, -0.25) is 0 Å². The van der Waals surface area contributed by atoms with Gasteiger partial charge >= 0.3 is 0 Å². The van der Waals surface area contributed by atoms with E-state index in [0.717, 1.165) is 6.54 Å². The first-order valence-electron chi connectivity index (χ1n) is 8.51. The van der Waals surface area contributed by atoms with Crippen molar-refractivity contribution in [3.05, 3.63) is 18.2 Å². The molecule has 3 rings (SSSR count). The lowest BCUT2D eigenvalue weighted by Gasteiger charge is -2.45. The number of aromatic nitrogens is 2. The zero-order valence-corrected chi connectivity index (χ0v) is 12.9. The maximum absolute atomic E-state index is 6.27. The van der Waals surface area contributed by atoms with Crippen molar-refractivity contribution >= 4 is 0 Å². The Bertz CT molecular complexity index is 433. The number of rotatable bonds is 3. The summed E-state index contributed by atoms with van der Waals surface area (Å²) < 4.78 is 2.49. The second kappa shape index (κ2) is 5.88. The molecule has 0 saturated heterocycles. The van der Waals surface area contributed by atoms with Crippen LogP contribution in [0.15, 0.2) is 12.5 Å². The normalized spacial score (nSPS) is 32.4. The third-order valence-electron chi connectivity index (χ3n) is 5.94. The number of imidazole rings is 1. The average molecular weight is 275 g/mol. The first kappa shape index (κ1) is 14.1. The molecular formula is C17H29N3. The van der Waals surface area contributed by atoms with Gasteiger partial charge in [0.25, 0.3) is 0 Å². The van der Waals surface area contributed by atoms with Crippen molar-refractivity contribution in [2.24, 2.45) is 11.7 Å². The molecule has 0 aliphatic heterocycles. The van der Waals surface area contributed by atoms with E-state index in [1.165, 1.54) is 63.5 Å². The zero-order valence-electron chi connectivity index (χ0n) is 12.9. The lowest BCUT2D eigenvalue weighted by atomic mass is 9.72. The van der Waals surface area contributed by atoms with Gasteiger partial charge in [-0.25, -0.2) is 4.98 Å². The molecular weight excluding hydrogens is 246 g/mol. The first-order valence-corrected chi connectivity index (χ1v) is 8.51. The Morgan fingerprint density at radius 2 is 1.95 bits per heavy atom. The van der Waals surface area contributed by atoms with Gasteiger partial charge in [-0.05, 0) is 31.6 Å². The molecule has 0 radical (unpaired) electrons. The van der Waals surface area contributed by atoms with Crippen LogP contribution in [0, 0.1) is 5.92 Å². The van der Waals surface area contributed by atoms with Gasteiger partial charge in [-0.1, -0.05) is 39.0 Å². The van der Waals surface area contributed by atoms with E-state index < -0.39 is 0 Å². The van der Waals surface area contributed by atoms with Crippen LogP contribution >= 0.6 is 0 Å². The van der Waals surface area contributed by atoms with Crippen molar-refractivity contribution in [2.75, 3.05) is 6.54 Å². The molecule has 2 aliphatic carbocycles. The highest BCUT2D eigenvalue weighted by Gasteiger charge is 2.40. The molecule has 0 aromatic carbocycles. The summed E-state index contributed by atoms with van der Waals surface area (Å²) >= 11 is 0. The van der Waals surface area contributed by atoms with Crippen LogP contribution in [0.3, 0.4) is 0 Å². The van der Waals surface area contributed by atoms with E-state index in [0.29, 0.717) is 11.8 Å². The first-order chi connectivity index (χ1) is 9.78. The van der Waals surface area contributed by atoms with E-state index in [-0.39, 0.29) is 5.54 Å². The Kier molecular flexibility index (Phi) is 4.16. The summed E-state index contributed by atoms with van der Waals surface area (Å²) in [5.74, 6) is 1.38. The molecule has 2 N–H and O–H groups in total. The minimum absolute atomic E-state index is 0.127. The molecule has 1 aromatic rings. The monoisotopic (exact) mass is 275 g/mol.